The number of hydrogen-bond acceptors (Lipinski definition) is 6. The molecule has 1 unspecified atom stereocenters. The third kappa shape index (κ3) is 6.20. The summed E-state index contributed by atoms with van der Waals surface area (Å²) in [6, 6.07) is 21.5. The van der Waals surface area contributed by atoms with Crippen LogP contribution < -0.4 is 19.1 Å². The van der Waals surface area contributed by atoms with Gasteiger partial charge in [0.1, 0.15) is 5.75 Å². The Balaban J connectivity index is 0.000000356. The number of aliphatic hydroxyl groups excluding tert-OH is 1. The SMILES string of the molecule is CCN1/C(=C\C=N)C(C)(Cc2ccccc2)c2cc(OC)c(OC)cc21.COc1ccccc1C(=N)O.[Co]. The first-order valence-electron chi connectivity index (χ1n) is 12.0. The molecule has 8 heteroatoms. The van der Waals surface area contributed by atoms with Crippen LogP contribution in [-0.2, 0) is 28.6 Å². The second kappa shape index (κ2) is 13.7. The van der Waals surface area contributed by atoms with Crippen molar-refractivity contribution in [3.63, 3.8) is 0 Å². The molecule has 0 amide bonds. The Hall–Kier alpha value is -3.75. The molecule has 1 radical (unpaired) electrons. The van der Waals surface area contributed by atoms with Crippen LogP contribution in [0.25, 0.3) is 0 Å². The van der Waals surface area contributed by atoms with Crippen molar-refractivity contribution in [2.24, 2.45) is 0 Å². The number of rotatable bonds is 8. The van der Waals surface area contributed by atoms with E-state index in [9.17, 15) is 0 Å². The van der Waals surface area contributed by atoms with E-state index in [1.165, 1.54) is 24.5 Å². The van der Waals surface area contributed by atoms with E-state index in [0.29, 0.717) is 11.3 Å². The van der Waals surface area contributed by atoms with Crippen LogP contribution >= 0.6 is 0 Å². The van der Waals surface area contributed by atoms with Gasteiger partial charge in [0.25, 0.3) is 0 Å². The summed E-state index contributed by atoms with van der Waals surface area (Å²) in [6.07, 6.45) is 4.14. The third-order valence-corrected chi connectivity index (χ3v) is 6.56. The van der Waals surface area contributed by atoms with Gasteiger partial charge in [-0.05, 0) is 55.7 Å². The normalized spacial score (nSPS) is 16.4. The fourth-order valence-electron chi connectivity index (χ4n) is 4.82. The van der Waals surface area contributed by atoms with Crippen molar-refractivity contribution >= 4 is 17.8 Å². The van der Waals surface area contributed by atoms with E-state index < -0.39 is 5.90 Å². The molecule has 3 aromatic rings. The molecule has 1 aliphatic heterocycles. The number of nitrogens with one attached hydrogen (secondary N) is 2. The Kier molecular flexibility index (Phi) is 11.0. The zero-order chi connectivity index (χ0) is 27.0. The van der Waals surface area contributed by atoms with Crippen LogP contribution in [0.4, 0.5) is 5.69 Å². The van der Waals surface area contributed by atoms with Crippen LogP contribution in [-0.4, -0.2) is 45.1 Å². The van der Waals surface area contributed by atoms with Gasteiger partial charge in [0.2, 0.25) is 5.90 Å². The minimum atomic E-state index is -0.470. The summed E-state index contributed by atoms with van der Waals surface area (Å²) in [7, 11) is 4.83. The van der Waals surface area contributed by atoms with E-state index in [1.54, 1.807) is 38.5 Å². The zero-order valence-corrected chi connectivity index (χ0v) is 23.4. The van der Waals surface area contributed by atoms with Crippen molar-refractivity contribution in [3.8, 4) is 17.2 Å². The molecule has 0 bridgehead atoms. The van der Waals surface area contributed by atoms with Crippen LogP contribution in [0.15, 0.2) is 78.5 Å². The number of ether oxygens (including phenoxy) is 3. The van der Waals surface area contributed by atoms with E-state index in [4.69, 9.17) is 30.1 Å². The molecule has 38 heavy (non-hydrogen) atoms. The molecular weight excluding hydrogens is 525 g/mol. The second-order valence-corrected chi connectivity index (χ2v) is 8.73. The van der Waals surface area contributed by atoms with Crippen LogP contribution in [0.3, 0.4) is 0 Å². The number of allylic oxidation sites excluding steroid dienone is 2. The molecule has 0 spiro atoms. The maximum atomic E-state index is 8.84. The Labute approximate surface area is 235 Å². The zero-order valence-electron chi connectivity index (χ0n) is 22.4. The van der Waals surface area contributed by atoms with Crippen LogP contribution in [0.1, 0.15) is 30.5 Å². The van der Waals surface area contributed by atoms with Crippen molar-refractivity contribution in [2.75, 3.05) is 32.8 Å². The molecule has 1 atom stereocenters. The number of methoxy groups -OCH3 is 3. The van der Waals surface area contributed by atoms with Crippen LogP contribution in [0.2, 0.25) is 0 Å². The van der Waals surface area contributed by atoms with Gasteiger partial charge < -0.3 is 29.6 Å². The standard InChI is InChI=1S/C22H26N2O2.C8H9NO2.Co/c1-5-24-18-14-20(26-4)19(25-3)13-17(18)22(2,21(24)11-12-23)15-16-9-7-6-8-10-16;1-11-7-5-3-2-4-6(7)8(9)10;/h6-14,23H,5,15H2,1-4H3;2-5H,1H3,(H2,9,10);/b21-11-,23-12?;;. The van der Waals surface area contributed by atoms with E-state index in [-0.39, 0.29) is 22.2 Å². The average molecular weight is 561 g/mol. The van der Waals surface area contributed by atoms with Gasteiger partial charge in [0, 0.05) is 52.4 Å². The fraction of sp³-hybridized carbons (Fsp3) is 0.267. The summed E-state index contributed by atoms with van der Waals surface area (Å²) in [4.78, 5) is 2.27. The molecular formula is C30H35CoN3O4. The summed E-state index contributed by atoms with van der Waals surface area (Å²) in [6.45, 7) is 5.20. The van der Waals surface area contributed by atoms with Crippen molar-refractivity contribution in [3.05, 3.63) is 95.2 Å². The molecule has 3 aromatic carbocycles. The number of anilines is 1. The molecule has 1 aliphatic rings. The topological polar surface area (TPSA) is 98.9 Å². The quantitative estimate of drug-likeness (QED) is 0.227. The number of para-hydroxylation sites is 1. The molecule has 0 saturated carbocycles. The Morgan fingerprint density at radius 3 is 2.03 bits per heavy atom. The molecule has 1 heterocycles. The number of benzene rings is 3. The van der Waals surface area contributed by atoms with Gasteiger partial charge in [-0.15, -0.1) is 0 Å². The van der Waals surface area contributed by atoms with Crippen LogP contribution in [0.5, 0.6) is 17.2 Å². The number of likely N-dealkylation sites (N-methyl/N-ethyl adjacent to an activating group) is 1. The first-order valence-corrected chi connectivity index (χ1v) is 12.0. The second-order valence-electron chi connectivity index (χ2n) is 8.73. The number of fused-ring (bicyclic) bond motifs is 1. The van der Waals surface area contributed by atoms with Gasteiger partial charge in [-0.2, -0.15) is 0 Å². The number of aliphatic hydroxyl groups is 1. The summed E-state index contributed by atoms with van der Waals surface area (Å²) in [5.74, 6) is 1.50. The first kappa shape index (κ1) is 30.5. The van der Waals surface area contributed by atoms with Gasteiger partial charge in [-0.25, -0.2) is 0 Å². The predicted octanol–water partition coefficient (Wildman–Crippen LogP) is 6.15. The summed E-state index contributed by atoms with van der Waals surface area (Å²) in [5, 5.41) is 23.5. The molecule has 7 nitrogen and oxygen atoms in total. The van der Waals surface area contributed by atoms with Gasteiger partial charge >= 0.3 is 0 Å². The minimum Gasteiger partial charge on any atom is -0.496 e. The smallest absolute Gasteiger partial charge is 0.214 e. The van der Waals surface area contributed by atoms with Crippen LogP contribution in [0, 0.1) is 10.8 Å². The van der Waals surface area contributed by atoms with Gasteiger partial charge in [0.15, 0.2) is 11.5 Å². The summed E-state index contributed by atoms with van der Waals surface area (Å²) < 4.78 is 16.0. The molecule has 0 fully saturated rings. The van der Waals surface area contributed by atoms with Crippen molar-refractivity contribution in [2.45, 2.75) is 25.7 Å². The number of hydrogen-bond donors (Lipinski definition) is 3. The maximum Gasteiger partial charge on any atom is 0.214 e. The number of nitrogens with zero attached hydrogens (tertiary/aromatic N) is 1. The van der Waals surface area contributed by atoms with Crippen molar-refractivity contribution in [1.82, 2.24) is 0 Å². The van der Waals surface area contributed by atoms with E-state index in [0.717, 1.165) is 35.8 Å². The molecule has 0 saturated heterocycles. The third-order valence-electron chi connectivity index (χ3n) is 6.56. The average Bonchev–Trinajstić information content (AvgIpc) is 3.14. The monoisotopic (exact) mass is 560 g/mol. The minimum absolute atomic E-state index is 0. The van der Waals surface area contributed by atoms with Gasteiger partial charge in [-0.1, -0.05) is 42.5 Å². The molecule has 0 aromatic heterocycles. The Bertz CT molecular complexity index is 1280. The molecule has 4 rings (SSSR count). The Morgan fingerprint density at radius 1 is 0.921 bits per heavy atom. The maximum absolute atomic E-state index is 8.84. The molecule has 3 N–H and O–H groups in total. The van der Waals surface area contributed by atoms with E-state index in [2.05, 4.69) is 49.1 Å². The first-order chi connectivity index (χ1) is 17.8. The van der Waals surface area contributed by atoms with Crippen molar-refractivity contribution < 1.29 is 36.1 Å². The fourth-order valence-corrected chi connectivity index (χ4v) is 4.82. The van der Waals surface area contributed by atoms with E-state index >= 15 is 0 Å². The molecule has 203 valence electrons. The van der Waals surface area contributed by atoms with Gasteiger partial charge in [0.05, 0.1) is 26.9 Å². The summed E-state index contributed by atoms with van der Waals surface area (Å²) >= 11 is 0. The summed E-state index contributed by atoms with van der Waals surface area (Å²) in [5.41, 5.74) is 4.89. The molecule has 0 aliphatic carbocycles. The Morgan fingerprint density at radius 2 is 1.50 bits per heavy atom. The largest absolute Gasteiger partial charge is 0.496 e. The van der Waals surface area contributed by atoms with Crippen molar-refractivity contribution in [1.29, 1.82) is 10.8 Å². The van der Waals surface area contributed by atoms with E-state index in [1.807, 2.05) is 18.2 Å². The predicted molar refractivity (Wildman–Crippen MR) is 149 cm³/mol. The van der Waals surface area contributed by atoms with Gasteiger partial charge in [-0.3, -0.25) is 5.41 Å².